The maximum absolute atomic E-state index is 12.8. The van der Waals surface area contributed by atoms with E-state index >= 15 is 0 Å². The van der Waals surface area contributed by atoms with E-state index in [-0.39, 0.29) is 11.9 Å². The van der Waals surface area contributed by atoms with Crippen LogP contribution in [-0.2, 0) is 14.9 Å². The normalized spacial score (nSPS) is 19.0. The average Bonchev–Trinajstić information content (AvgIpc) is 2.53. The van der Waals surface area contributed by atoms with Crippen LogP contribution in [0.25, 0.3) is 0 Å². The molecule has 2 N–H and O–H groups in total. The van der Waals surface area contributed by atoms with Crippen molar-refractivity contribution in [3.63, 3.8) is 0 Å². The molecule has 1 unspecified atom stereocenters. The summed E-state index contributed by atoms with van der Waals surface area (Å²) in [7, 11) is 1.88. The van der Waals surface area contributed by atoms with Crippen LogP contribution >= 0.6 is 11.6 Å². The molecule has 1 amide bonds. The summed E-state index contributed by atoms with van der Waals surface area (Å²) >= 11 is 6.35. The lowest BCUT2D eigenvalue weighted by atomic mass is 9.73. The molecule has 1 aromatic rings. The largest absolute Gasteiger partial charge is 0.381 e. The number of carbonyl (C=O) groups excluding carboxylic acids is 1. The summed E-state index contributed by atoms with van der Waals surface area (Å²) in [5.74, 6) is 0.0426. The zero-order valence-corrected chi connectivity index (χ0v) is 13.4. The van der Waals surface area contributed by atoms with Crippen molar-refractivity contribution in [3.8, 4) is 0 Å². The molecule has 1 heterocycles. The highest BCUT2D eigenvalue weighted by atomic mass is 35.5. The molecular formula is C16H23ClN2O2. The highest BCUT2D eigenvalue weighted by Gasteiger charge is 2.42. The molecule has 0 aromatic heterocycles. The Labute approximate surface area is 131 Å². The Balaban J connectivity index is 2.25. The summed E-state index contributed by atoms with van der Waals surface area (Å²) in [6.07, 6.45) is 1.33. The molecule has 1 aliphatic heterocycles. The van der Waals surface area contributed by atoms with Gasteiger partial charge in [-0.1, -0.05) is 29.8 Å². The summed E-state index contributed by atoms with van der Waals surface area (Å²) in [6, 6.07) is 7.85. The molecule has 1 fully saturated rings. The summed E-state index contributed by atoms with van der Waals surface area (Å²) in [6.45, 7) is 3.80. The first-order valence-corrected chi connectivity index (χ1v) is 7.76. The van der Waals surface area contributed by atoms with Gasteiger partial charge in [0.25, 0.3) is 0 Å². The van der Waals surface area contributed by atoms with Crippen LogP contribution in [0.15, 0.2) is 24.3 Å². The summed E-state index contributed by atoms with van der Waals surface area (Å²) in [5.41, 5.74) is 0.328. The molecule has 1 saturated heterocycles. The number of halogens is 1. The van der Waals surface area contributed by atoms with Crippen LogP contribution in [0, 0.1) is 0 Å². The molecule has 0 spiro atoms. The first-order chi connectivity index (χ1) is 10.1. The van der Waals surface area contributed by atoms with Crippen molar-refractivity contribution in [2.45, 2.75) is 31.2 Å². The van der Waals surface area contributed by atoms with Gasteiger partial charge in [0, 0.05) is 30.8 Å². The number of hydrogen-bond donors (Lipinski definition) is 2. The standard InChI is InChI=1S/C16H23ClN2O2/c1-12(18-2)11-19-15(20)16(7-9-21-10-8-16)13-5-3-4-6-14(13)17/h3-6,12,18H,7-11H2,1-2H3,(H,19,20). The van der Waals surface area contributed by atoms with Gasteiger partial charge in [0.05, 0.1) is 5.41 Å². The van der Waals surface area contributed by atoms with Crippen molar-refractivity contribution in [1.29, 1.82) is 0 Å². The number of likely N-dealkylation sites (N-methyl/N-ethyl adjacent to an activating group) is 1. The van der Waals surface area contributed by atoms with Crippen LogP contribution in [0.4, 0.5) is 0 Å². The number of nitrogens with one attached hydrogen (secondary N) is 2. The monoisotopic (exact) mass is 310 g/mol. The van der Waals surface area contributed by atoms with Gasteiger partial charge < -0.3 is 15.4 Å². The van der Waals surface area contributed by atoms with Gasteiger partial charge in [0.2, 0.25) is 5.91 Å². The Kier molecular flexibility index (Phi) is 5.62. The second-order valence-corrected chi connectivity index (χ2v) is 5.98. The zero-order valence-electron chi connectivity index (χ0n) is 12.6. The van der Waals surface area contributed by atoms with E-state index in [4.69, 9.17) is 16.3 Å². The van der Waals surface area contributed by atoms with Crippen molar-refractivity contribution >= 4 is 17.5 Å². The first-order valence-electron chi connectivity index (χ1n) is 7.38. The fourth-order valence-corrected chi connectivity index (χ4v) is 3.02. The lowest BCUT2D eigenvalue weighted by Gasteiger charge is -2.37. The number of benzene rings is 1. The van der Waals surface area contributed by atoms with Crippen molar-refractivity contribution in [2.24, 2.45) is 0 Å². The van der Waals surface area contributed by atoms with Gasteiger partial charge in [-0.3, -0.25) is 4.79 Å². The van der Waals surface area contributed by atoms with E-state index in [0.29, 0.717) is 37.6 Å². The quantitative estimate of drug-likeness (QED) is 0.876. The molecule has 116 valence electrons. The lowest BCUT2D eigenvalue weighted by Crippen LogP contribution is -2.50. The van der Waals surface area contributed by atoms with Crippen LogP contribution in [0.5, 0.6) is 0 Å². The number of ether oxygens (including phenoxy) is 1. The van der Waals surface area contributed by atoms with Crippen molar-refractivity contribution in [3.05, 3.63) is 34.9 Å². The highest BCUT2D eigenvalue weighted by Crippen LogP contribution is 2.38. The fourth-order valence-electron chi connectivity index (χ4n) is 2.70. The van der Waals surface area contributed by atoms with E-state index in [2.05, 4.69) is 10.6 Å². The van der Waals surface area contributed by atoms with E-state index in [1.807, 2.05) is 38.2 Å². The number of amides is 1. The van der Waals surface area contributed by atoms with Crippen LogP contribution in [0.2, 0.25) is 5.02 Å². The maximum atomic E-state index is 12.8. The van der Waals surface area contributed by atoms with Crippen molar-refractivity contribution < 1.29 is 9.53 Å². The van der Waals surface area contributed by atoms with E-state index in [0.717, 1.165) is 5.56 Å². The van der Waals surface area contributed by atoms with E-state index in [9.17, 15) is 4.79 Å². The Hall–Kier alpha value is -1.10. The van der Waals surface area contributed by atoms with E-state index in [1.54, 1.807) is 0 Å². The smallest absolute Gasteiger partial charge is 0.230 e. The number of hydrogen-bond acceptors (Lipinski definition) is 3. The van der Waals surface area contributed by atoms with Gasteiger partial charge in [-0.15, -0.1) is 0 Å². The summed E-state index contributed by atoms with van der Waals surface area (Å²) in [4.78, 5) is 12.8. The third-order valence-corrected chi connectivity index (χ3v) is 4.56. The Morgan fingerprint density at radius 1 is 1.38 bits per heavy atom. The zero-order chi connectivity index (χ0) is 15.3. The maximum Gasteiger partial charge on any atom is 0.230 e. The topological polar surface area (TPSA) is 50.4 Å². The van der Waals surface area contributed by atoms with Crippen LogP contribution in [0.3, 0.4) is 0 Å². The number of carbonyl (C=O) groups is 1. The molecule has 1 atom stereocenters. The predicted octanol–water partition coefficient (Wildman–Crippen LogP) is 2.11. The molecule has 5 heteroatoms. The Morgan fingerprint density at radius 2 is 2.05 bits per heavy atom. The van der Waals surface area contributed by atoms with Gasteiger partial charge in [0.15, 0.2) is 0 Å². The Morgan fingerprint density at radius 3 is 2.67 bits per heavy atom. The Bertz CT molecular complexity index is 487. The molecule has 4 nitrogen and oxygen atoms in total. The first kappa shape index (κ1) is 16.3. The summed E-state index contributed by atoms with van der Waals surface area (Å²) in [5, 5.41) is 6.82. The van der Waals surface area contributed by atoms with Gasteiger partial charge in [-0.05, 0) is 38.4 Å². The average molecular weight is 311 g/mol. The third kappa shape index (κ3) is 3.57. The fraction of sp³-hybridized carbons (Fsp3) is 0.562. The minimum Gasteiger partial charge on any atom is -0.381 e. The van der Waals surface area contributed by atoms with Gasteiger partial charge in [-0.2, -0.15) is 0 Å². The lowest BCUT2D eigenvalue weighted by molar-refractivity contribution is -0.130. The molecule has 0 bridgehead atoms. The van der Waals surface area contributed by atoms with E-state index < -0.39 is 5.41 Å². The molecule has 0 radical (unpaired) electrons. The molecule has 21 heavy (non-hydrogen) atoms. The molecule has 2 rings (SSSR count). The second-order valence-electron chi connectivity index (χ2n) is 5.57. The highest BCUT2D eigenvalue weighted by molar-refractivity contribution is 6.31. The molecule has 1 aromatic carbocycles. The van der Waals surface area contributed by atoms with Crippen LogP contribution < -0.4 is 10.6 Å². The molecule has 1 aliphatic rings. The van der Waals surface area contributed by atoms with Gasteiger partial charge >= 0.3 is 0 Å². The van der Waals surface area contributed by atoms with Crippen molar-refractivity contribution in [2.75, 3.05) is 26.8 Å². The van der Waals surface area contributed by atoms with E-state index in [1.165, 1.54) is 0 Å². The SMILES string of the molecule is CNC(C)CNC(=O)C1(c2ccccc2Cl)CCOCC1. The van der Waals surface area contributed by atoms with Gasteiger partial charge in [0.1, 0.15) is 0 Å². The van der Waals surface area contributed by atoms with Crippen molar-refractivity contribution in [1.82, 2.24) is 10.6 Å². The minimum atomic E-state index is -0.579. The van der Waals surface area contributed by atoms with Crippen LogP contribution in [-0.4, -0.2) is 38.8 Å². The second kappa shape index (κ2) is 7.25. The number of rotatable bonds is 5. The summed E-state index contributed by atoms with van der Waals surface area (Å²) < 4.78 is 5.45. The van der Waals surface area contributed by atoms with Crippen LogP contribution in [0.1, 0.15) is 25.3 Å². The molecule has 0 aliphatic carbocycles. The predicted molar refractivity (Wildman–Crippen MR) is 84.7 cm³/mol. The van der Waals surface area contributed by atoms with Gasteiger partial charge in [-0.25, -0.2) is 0 Å². The minimum absolute atomic E-state index is 0.0426. The third-order valence-electron chi connectivity index (χ3n) is 4.23. The molecule has 0 saturated carbocycles. The molecular weight excluding hydrogens is 288 g/mol.